The molecule has 0 heterocycles. The van der Waals surface area contributed by atoms with Crippen LogP contribution in [0.5, 0.6) is 0 Å². The average Bonchev–Trinajstić information content (AvgIpc) is 3.12. The quantitative estimate of drug-likeness (QED) is 0.0326. The van der Waals surface area contributed by atoms with Crippen LogP contribution in [0.15, 0.2) is 24.3 Å². The van der Waals surface area contributed by atoms with Gasteiger partial charge < -0.3 is 10.4 Å². The predicted molar refractivity (Wildman–Crippen MR) is 230 cm³/mol. The highest BCUT2D eigenvalue weighted by Gasteiger charge is 2.24. The molecule has 0 aromatic rings. The number of hydrogen-bond acceptors (Lipinski definition) is 4. The van der Waals surface area contributed by atoms with Gasteiger partial charge in [0.05, 0.1) is 17.9 Å². The van der Waals surface area contributed by atoms with Crippen LogP contribution in [0.2, 0.25) is 0 Å². The number of carbonyl (C=O) groups is 1. The Bertz CT molecular complexity index is 934. The van der Waals surface area contributed by atoms with Gasteiger partial charge in [-0.25, -0.2) is 0 Å². The first-order chi connectivity index (χ1) is 25.8. The van der Waals surface area contributed by atoms with Crippen LogP contribution in [-0.4, -0.2) is 41.9 Å². The van der Waals surface area contributed by atoms with Crippen molar-refractivity contribution in [2.75, 3.05) is 5.75 Å². The van der Waals surface area contributed by atoms with Crippen molar-refractivity contribution in [1.82, 2.24) is 5.32 Å². The van der Waals surface area contributed by atoms with Crippen LogP contribution in [0.25, 0.3) is 0 Å². The molecule has 314 valence electrons. The molecule has 1 amide bonds. The van der Waals surface area contributed by atoms with Crippen molar-refractivity contribution in [2.24, 2.45) is 0 Å². The fraction of sp³-hybridized carbons (Fsp3) is 0.891. The van der Waals surface area contributed by atoms with Crippen LogP contribution < -0.4 is 5.32 Å². The molecule has 0 saturated heterocycles. The Morgan fingerprint density at radius 3 is 1.13 bits per heavy atom. The minimum atomic E-state index is -4.34. The smallest absolute Gasteiger partial charge is 0.267 e. The lowest BCUT2D eigenvalue weighted by Crippen LogP contribution is -2.46. The number of carbonyl (C=O) groups excluding carboxylic acids is 1. The van der Waals surface area contributed by atoms with E-state index in [0.29, 0.717) is 6.42 Å². The SMILES string of the molecule is CCCCCCCCCC/C=C\CCCCCCCCCCCC(=O)NC(CS(=O)(=O)O)C(O)/C=C/CCCCCCCCCCCCCCCCC. The van der Waals surface area contributed by atoms with Crippen molar-refractivity contribution in [1.29, 1.82) is 0 Å². The van der Waals surface area contributed by atoms with E-state index < -0.39 is 28.0 Å². The van der Waals surface area contributed by atoms with E-state index in [2.05, 4.69) is 31.3 Å². The molecular formula is C46H89NO5S. The molecule has 0 saturated carbocycles. The van der Waals surface area contributed by atoms with Gasteiger partial charge in [0.15, 0.2) is 0 Å². The van der Waals surface area contributed by atoms with Gasteiger partial charge in [0.1, 0.15) is 0 Å². The molecule has 0 radical (unpaired) electrons. The second kappa shape index (κ2) is 40.5. The maximum atomic E-state index is 12.6. The number of hydrogen-bond donors (Lipinski definition) is 3. The standard InChI is InChI=1S/C46H89NO5S/c1-3-5-7-9-11-13-15-17-19-21-22-23-24-26-28-30-32-34-36-38-40-42-46(49)47-44(43-53(50,51)52)45(48)41-39-37-35-33-31-29-27-25-20-18-16-14-12-10-8-6-4-2/h21-22,39,41,44-45,48H,3-20,23-38,40,42-43H2,1-2H3,(H,47,49)(H,50,51,52)/b22-21-,41-39+. The summed E-state index contributed by atoms with van der Waals surface area (Å²) in [6, 6.07) is -1.06. The number of nitrogens with one attached hydrogen (secondary N) is 1. The summed E-state index contributed by atoms with van der Waals surface area (Å²) in [5.74, 6) is -0.973. The Labute approximate surface area is 330 Å². The van der Waals surface area contributed by atoms with Gasteiger partial charge in [0.2, 0.25) is 5.91 Å². The van der Waals surface area contributed by atoms with Gasteiger partial charge >= 0.3 is 0 Å². The van der Waals surface area contributed by atoms with Gasteiger partial charge in [-0.05, 0) is 44.9 Å². The van der Waals surface area contributed by atoms with Crippen molar-refractivity contribution in [3.8, 4) is 0 Å². The van der Waals surface area contributed by atoms with E-state index in [1.165, 1.54) is 186 Å². The second-order valence-electron chi connectivity index (χ2n) is 16.0. The summed E-state index contributed by atoms with van der Waals surface area (Å²) < 4.78 is 32.6. The van der Waals surface area contributed by atoms with E-state index in [9.17, 15) is 22.9 Å². The van der Waals surface area contributed by atoms with Gasteiger partial charge in [-0.15, -0.1) is 0 Å². The van der Waals surface area contributed by atoms with Crippen LogP contribution in [0.1, 0.15) is 245 Å². The summed E-state index contributed by atoms with van der Waals surface area (Å²) in [6.45, 7) is 4.54. The van der Waals surface area contributed by atoms with E-state index in [-0.39, 0.29) is 5.91 Å². The summed E-state index contributed by atoms with van der Waals surface area (Å²) >= 11 is 0. The molecule has 0 aromatic carbocycles. The largest absolute Gasteiger partial charge is 0.387 e. The Morgan fingerprint density at radius 2 is 0.792 bits per heavy atom. The highest BCUT2D eigenvalue weighted by atomic mass is 32.2. The first-order valence-corrected chi connectivity index (χ1v) is 24.6. The van der Waals surface area contributed by atoms with E-state index in [4.69, 9.17) is 0 Å². The maximum absolute atomic E-state index is 12.6. The molecule has 0 rings (SSSR count). The topological polar surface area (TPSA) is 104 Å². The number of rotatable bonds is 42. The predicted octanol–water partition coefficient (Wildman–Crippen LogP) is 13.9. The molecular weight excluding hydrogens is 679 g/mol. The zero-order chi connectivity index (χ0) is 38.9. The van der Waals surface area contributed by atoms with E-state index >= 15 is 0 Å². The molecule has 6 nitrogen and oxygen atoms in total. The van der Waals surface area contributed by atoms with E-state index in [1.807, 2.05) is 6.08 Å². The minimum Gasteiger partial charge on any atom is -0.387 e. The average molecular weight is 768 g/mol. The van der Waals surface area contributed by atoms with Crippen molar-refractivity contribution < 1.29 is 22.9 Å². The summed E-state index contributed by atoms with van der Waals surface area (Å²) in [5, 5.41) is 13.3. The van der Waals surface area contributed by atoms with Gasteiger partial charge in [0.25, 0.3) is 10.1 Å². The molecule has 2 atom stereocenters. The Morgan fingerprint density at radius 1 is 0.491 bits per heavy atom. The van der Waals surface area contributed by atoms with Crippen molar-refractivity contribution >= 4 is 16.0 Å². The highest BCUT2D eigenvalue weighted by Crippen LogP contribution is 2.15. The van der Waals surface area contributed by atoms with E-state index in [0.717, 1.165) is 38.5 Å². The van der Waals surface area contributed by atoms with Crippen molar-refractivity contribution in [2.45, 2.75) is 257 Å². The van der Waals surface area contributed by atoms with Gasteiger partial charge in [-0.1, -0.05) is 218 Å². The van der Waals surface area contributed by atoms with E-state index in [1.54, 1.807) is 6.08 Å². The molecule has 0 aromatic heterocycles. The molecule has 2 unspecified atom stereocenters. The second-order valence-corrected chi connectivity index (χ2v) is 17.5. The van der Waals surface area contributed by atoms with Crippen LogP contribution >= 0.6 is 0 Å². The Kier molecular flexibility index (Phi) is 39.6. The first-order valence-electron chi connectivity index (χ1n) is 23.0. The van der Waals surface area contributed by atoms with Crippen LogP contribution in [0, 0.1) is 0 Å². The lowest BCUT2D eigenvalue weighted by Gasteiger charge is -2.21. The number of aliphatic hydroxyl groups excluding tert-OH is 1. The number of amides is 1. The molecule has 0 aliphatic heterocycles. The summed E-state index contributed by atoms with van der Waals surface area (Å²) in [4.78, 5) is 12.6. The monoisotopic (exact) mass is 768 g/mol. The van der Waals surface area contributed by atoms with Gasteiger partial charge in [-0.3, -0.25) is 9.35 Å². The number of aliphatic hydroxyl groups is 1. The molecule has 0 spiro atoms. The first kappa shape index (κ1) is 51.8. The zero-order valence-electron chi connectivity index (χ0n) is 35.2. The zero-order valence-corrected chi connectivity index (χ0v) is 36.0. The van der Waals surface area contributed by atoms with Crippen molar-refractivity contribution in [3.05, 3.63) is 24.3 Å². The lowest BCUT2D eigenvalue weighted by atomic mass is 10.0. The molecule has 7 heteroatoms. The maximum Gasteiger partial charge on any atom is 0.267 e. The Hall–Kier alpha value is -1.18. The van der Waals surface area contributed by atoms with Crippen LogP contribution in [0.4, 0.5) is 0 Å². The fourth-order valence-electron chi connectivity index (χ4n) is 7.15. The molecule has 0 fully saturated rings. The third kappa shape index (κ3) is 41.8. The molecule has 3 N–H and O–H groups in total. The molecule has 0 bridgehead atoms. The molecule has 0 aliphatic carbocycles. The third-order valence-electron chi connectivity index (χ3n) is 10.6. The summed E-state index contributed by atoms with van der Waals surface area (Å²) in [5.41, 5.74) is 0. The molecule has 0 aliphatic rings. The van der Waals surface area contributed by atoms with Crippen LogP contribution in [-0.2, 0) is 14.9 Å². The third-order valence-corrected chi connectivity index (χ3v) is 11.4. The number of unbranched alkanes of at least 4 members (excludes halogenated alkanes) is 32. The van der Waals surface area contributed by atoms with Gasteiger partial charge in [-0.2, -0.15) is 8.42 Å². The highest BCUT2D eigenvalue weighted by molar-refractivity contribution is 7.85. The summed E-state index contributed by atoms with van der Waals surface area (Å²) in [7, 11) is -4.34. The Balaban J connectivity index is 3.84. The minimum absolute atomic E-state index is 0.277. The normalized spacial score (nSPS) is 13.4. The van der Waals surface area contributed by atoms with Crippen LogP contribution in [0.3, 0.4) is 0 Å². The molecule has 53 heavy (non-hydrogen) atoms. The fourth-order valence-corrected chi connectivity index (χ4v) is 7.89. The lowest BCUT2D eigenvalue weighted by molar-refractivity contribution is -0.122. The summed E-state index contributed by atoms with van der Waals surface area (Å²) in [6.07, 6.45) is 51.7. The number of allylic oxidation sites excluding steroid dienone is 3. The van der Waals surface area contributed by atoms with Crippen molar-refractivity contribution in [3.63, 3.8) is 0 Å². The van der Waals surface area contributed by atoms with Gasteiger partial charge in [0, 0.05) is 6.42 Å².